The molecule has 21 heavy (non-hydrogen) atoms. The van der Waals surface area contributed by atoms with E-state index in [1.807, 2.05) is 0 Å². The van der Waals surface area contributed by atoms with Crippen LogP contribution in [-0.2, 0) is 89.3 Å². The van der Waals surface area contributed by atoms with Crippen molar-refractivity contribution < 1.29 is 99.5 Å². The number of hydrogen-bond donors (Lipinski definition) is 2. The minimum Gasteiger partial charge on any atom is -0.503 e. The largest absolute Gasteiger partial charge is 0.503 e. The molecule has 114 valence electrons. The monoisotopic (exact) mass is 450 g/mol. The van der Waals surface area contributed by atoms with E-state index < -0.39 is 48.6 Å². The van der Waals surface area contributed by atoms with E-state index in [0.717, 1.165) is 12.8 Å². The van der Waals surface area contributed by atoms with Crippen LogP contribution in [0.5, 0.6) is 0 Å². The van der Waals surface area contributed by atoms with Gasteiger partial charge in [-0.05, 0) is 0 Å². The van der Waals surface area contributed by atoms with Crippen molar-refractivity contribution in [1.82, 2.24) is 0 Å². The number of ketones is 2. The molecule has 0 aliphatic carbocycles. The molecule has 0 amide bonds. The molecule has 0 saturated carbocycles. The number of aliphatic carboxylic acids is 1. The molecule has 0 heterocycles. The number of Topliss-reactive ketones (excluding diaryl/α,β-unsaturated/α-hetero) is 2. The number of esters is 1. The summed E-state index contributed by atoms with van der Waals surface area (Å²) in [6, 6.07) is 0. The molecule has 9 heteroatoms. The molecule has 0 rings (SSSR count). The van der Waals surface area contributed by atoms with E-state index in [0.29, 0.717) is 0 Å². The van der Waals surface area contributed by atoms with Crippen LogP contribution in [0.25, 0.3) is 0 Å². The molecule has 0 aromatic heterocycles. The van der Waals surface area contributed by atoms with Crippen molar-refractivity contribution in [2.24, 2.45) is 11.8 Å². The molecule has 2 unspecified atom stereocenters. The van der Waals surface area contributed by atoms with Crippen molar-refractivity contribution >= 4 is 23.5 Å². The molecule has 0 aromatic carbocycles. The third-order valence-corrected chi connectivity index (χ3v) is 2.22. The van der Waals surface area contributed by atoms with Crippen molar-refractivity contribution in [2.75, 3.05) is 13.2 Å². The molecule has 2 radical (unpaired) electrons. The summed E-state index contributed by atoms with van der Waals surface area (Å²) >= 11 is 0. The Balaban J connectivity index is -0.00000162. The summed E-state index contributed by atoms with van der Waals surface area (Å²) in [5, 5.41) is 16.9. The maximum Gasteiger partial charge on any atom is 0.281 e. The molecule has 7 nitrogen and oxygen atoms in total. The van der Waals surface area contributed by atoms with Gasteiger partial charge in [0, 0.05) is 71.2 Å². The summed E-state index contributed by atoms with van der Waals surface area (Å²) in [4.78, 5) is 43.9. The van der Waals surface area contributed by atoms with Gasteiger partial charge in [-0.25, -0.2) is 0 Å². The standard InChI is InChI=1S/C12H16O7.2Y/c1-7(4-11(16)17)10(15)6-19-12(18)8(2)3-9(14)5-13;;/h3-4,7-8,13H,5-6H2,1-2H3,(H,16,17);;/q-2;;. The summed E-state index contributed by atoms with van der Waals surface area (Å²) in [7, 11) is 0. The number of carboxylic acids is 1. The zero-order chi connectivity index (χ0) is 15.0. The zero-order valence-corrected chi connectivity index (χ0v) is 17.5. The number of hydrogen-bond acceptors (Lipinski definition) is 6. The van der Waals surface area contributed by atoms with Crippen molar-refractivity contribution in [3.05, 3.63) is 12.8 Å². The Hall–Kier alpha value is 0.188. The van der Waals surface area contributed by atoms with Gasteiger partial charge in [0.25, 0.3) is 5.97 Å². The third kappa shape index (κ3) is 12.4. The first-order valence-corrected chi connectivity index (χ1v) is 5.53. The zero-order valence-electron chi connectivity index (χ0n) is 11.8. The summed E-state index contributed by atoms with van der Waals surface area (Å²) in [6.07, 6.45) is 1.78. The van der Waals surface area contributed by atoms with E-state index in [1.54, 1.807) is 0 Å². The van der Waals surface area contributed by atoms with Crippen molar-refractivity contribution in [2.45, 2.75) is 13.8 Å². The van der Waals surface area contributed by atoms with Crippen molar-refractivity contribution in [3.8, 4) is 0 Å². The molecule has 0 aliphatic heterocycles. The van der Waals surface area contributed by atoms with Gasteiger partial charge in [-0.2, -0.15) is 0 Å². The van der Waals surface area contributed by atoms with Gasteiger partial charge in [0.2, 0.25) is 0 Å². The first-order chi connectivity index (χ1) is 8.77. The first kappa shape index (κ1) is 26.1. The number of aliphatic hydroxyl groups excluding tert-OH is 1. The van der Waals surface area contributed by atoms with Crippen molar-refractivity contribution in [1.29, 1.82) is 0 Å². The van der Waals surface area contributed by atoms with Crippen LogP contribution in [0.15, 0.2) is 0 Å². The number of rotatable bonds is 9. The maximum absolute atomic E-state index is 11.4. The van der Waals surface area contributed by atoms with E-state index in [2.05, 4.69) is 4.74 Å². The van der Waals surface area contributed by atoms with Crippen LogP contribution in [0, 0.1) is 24.7 Å². The fourth-order valence-electron chi connectivity index (χ4n) is 1.11. The maximum atomic E-state index is 11.4. The average molecular weight is 450 g/mol. The Morgan fingerprint density at radius 3 is 2.00 bits per heavy atom. The van der Waals surface area contributed by atoms with Gasteiger partial charge in [-0.15, -0.1) is 0 Å². The Morgan fingerprint density at radius 2 is 1.57 bits per heavy atom. The van der Waals surface area contributed by atoms with Gasteiger partial charge >= 0.3 is 0 Å². The van der Waals surface area contributed by atoms with E-state index in [4.69, 9.17) is 10.2 Å². The van der Waals surface area contributed by atoms with E-state index in [-0.39, 0.29) is 65.4 Å². The Labute approximate surface area is 173 Å². The topological polar surface area (TPSA) is 118 Å². The normalized spacial score (nSPS) is 11.8. The van der Waals surface area contributed by atoms with Gasteiger partial charge in [0.15, 0.2) is 5.97 Å². The molecule has 0 fully saturated rings. The van der Waals surface area contributed by atoms with Crippen LogP contribution in [0.1, 0.15) is 13.8 Å². The van der Waals surface area contributed by atoms with Crippen LogP contribution in [0.3, 0.4) is 0 Å². The fourth-order valence-corrected chi connectivity index (χ4v) is 1.11. The smallest absolute Gasteiger partial charge is 0.281 e. The summed E-state index contributed by atoms with van der Waals surface area (Å²) in [5.41, 5.74) is 0. The quantitative estimate of drug-likeness (QED) is 0.357. The molecule has 0 saturated heterocycles. The van der Waals surface area contributed by atoms with E-state index >= 15 is 0 Å². The molecule has 0 spiro atoms. The summed E-state index contributed by atoms with van der Waals surface area (Å²) in [5.74, 6) is -4.96. The minimum atomic E-state index is -1.23. The molecule has 0 bridgehead atoms. The van der Waals surface area contributed by atoms with Gasteiger partial charge < -0.3 is 26.2 Å². The third-order valence-electron chi connectivity index (χ3n) is 2.22. The molecule has 2 N–H and O–H groups in total. The van der Waals surface area contributed by atoms with Gasteiger partial charge in [-0.1, -0.05) is 25.7 Å². The molecular formula is C12H16O7Y2-2. The molecule has 2 atom stereocenters. The SMILES string of the molecule is CC([CH-]C(=O)O)C(=O)COC(=O)C(C)[CH-]C(=O)CO.[Y].[Y]. The van der Waals surface area contributed by atoms with Crippen molar-refractivity contribution in [3.63, 3.8) is 0 Å². The van der Waals surface area contributed by atoms with E-state index in [1.165, 1.54) is 13.8 Å². The number of carboxylic acid groups (broad SMARTS) is 1. The molecular weight excluding hydrogens is 434 g/mol. The number of aliphatic hydroxyl groups is 1. The van der Waals surface area contributed by atoms with Gasteiger partial charge in [-0.3, -0.25) is 20.8 Å². The van der Waals surface area contributed by atoms with Gasteiger partial charge in [0.05, 0.1) is 6.61 Å². The summed E-state index contributed by atoms with van der Waals surface area (Å²) in [6.45, 7) is 1.48. The second-order valence-corrected chi connectivity index (χ2v) is 3.95. The number of carbonyl (C=O) groups excluding carboxylic acids is 3. The predicted octanol–water partition coefficient (Wildman–Crippen LogP) is -0.580. The second-order valence-electron chi connectivity index (χ2n) is 3.95. The summed E-state index contributed by atoms with van der Waals surface area (Å²) < 4.78 is 4.65. The van der Waals surface area contributed by atoms with Gasteiger partial charge in [0.1, 0.15) is 12.4 Å². The predicted molar refractivity (Wildman–Crippen MR) is 62.6 cm³/mol. The minimum absolute atomic E-state index is 0. The van der Waals surface area contributed by atoms with E-state index in [9.17, 15) is 19.2 Å². The van der Waals surface area contributed by atoms with Crippen LogP contribution >= 0.6 is 0 Å². The number of carbonyl (C=O) groups is 4. The first-order valence-electron chi connectivity index (χ1n) is 5.53. The average Bonchev–Trinajstić information content (AvgIpc) is 2.34. The number of ether oxygens (including phenoxy) is 1. The van der Waals surface area contributed by atoms with Crippen LogP contribution in [0.2, 0.25) is 0 Å². The Morgan fingerprint density at radius 1 is 1.05 bits per heavy atom. The second kappa shape index (κ2) is 13.8. The Bertz CT molecular complexity index is 371. The molecule has 0 aliphatic rings. The van der Waals surface area contributed by atoms with Crippen LogP contribution < -0.4 is 0 Å². The van der Waals surface area contributed by atoms with Crippen LogP contribution in [0.4, 0.5) is 0 Å². The van der Waals surface area contributed by atoms with Crippen LogP contribution in [-0.4, -0.2) is 46.9 Å². The Kier molecular flexibility index (Phi) is 17.2. The fraction of sp³-hybridized carbons (Fsp3) is 0.500. The molecule has 0 aromatic rings.